The summed E-state index contributed by atoms with van der Waals surface area (Å²) in [5, 5.41) is 11.8. The third kappa shape index (κ3) is 5.46. The number of esters is 1. The zero-order valence-corrected chi connectivity index (χ0v) is 14.0. The molecule has 0 aromatic heterocycles. The van der Waals surface area contributed by atoms with E-state index in [0.29, 0.717) is 16.8 Å². The summed E-state index contributed by atoms with van der Waals surface area (Å²) < 4.78 is 5.12. The number of aromatic hydroxyl groups is 1. The number of ether oxygens (including phenoxy) is 1. The van der Waals surface area contributed by atoms with Gasteiger partial charge in [0.1, 0.15) is 5.75 Å². The Labute approximate surface area is 145 Å². The van der Waals surface area contributed by atoms with E-state index in [4.69, 9.17) is 4.74 Å². The highest BCUT2D eigenvalue weighted by Crippen LogP contribution is 2.13. The lowest BCUT2D eigenvalue weighted by atomic mass is 10.1. The number of phenolic OH excluding ortho intramolecular Hbond substituents is 1. The highest BCUT2D eigenvalue weighted by Gasteiger charge is 2.18. The highest BCUT2D eigenvalue weighted by molar-refractivity contribution is 5.98. The molecule has 6 heteroatoms. The molecule has 2 N–H and O–H groups in total. The molecular formula is C19H19NO5. The summed E-state index contributed by atoms with van der Waals surface area (Å²) in [6, 6.07) is 12.7. The van der Waals surface area contributed by atoms with Gasteiger partial charge in [0.05, 0.1) is 6.42 Å². The van der Waals surface area contributed by atoms with Gasteiger partial charge in [-0.3, -0.25) is 14.4 Å². The van der Waals surface area contributed by atoms with Gasteiger partial charge in [0.25, 0.3) is 5.91 Å². The van der Waals surface area contributed by atoms with Crippen LogP contribution in [0.15, 0.2) is 48.5 Å². The van der Waals surface area contributed by atoms with Crippen molar-refractivity contribution < 1.29 is 24.2 Å². The van der Waals surface area contributed by atoms with Crippen molar-refractivity contribution in [1.82, 2.24) is 0 Å². The molecule has 2 rings (SSSR count). The summed E-state index contributed by atoms with van der Waals surface area (Å²) in [5.41, 5.74) is 1.61. The lowest BCUT2D eigenvalue weighted by molar-refractivity contribution is -0.152. The number of amides is 1. The van der Waals surface area contributed by atoms with Crippen LogP contribution in [-0.4, -0.2) is 28.9 Å². The Morgan fingerprint density at radius 2 is 1.80 bits per heavy atom. The van der Waals surface area contributed by atoms with Gasteiger partial charge < -0.3 is 15.2 Å². The van der Waals surface area contributed by atoms with Crippen molar-refractivity contribution in [3.8, 4) is 5.75 Å². The second kappa shape index (κ2) is 8.10. The molecule has 6 nitrogen and oxygen atoms in total. The van der Waals surface area contributed by atoms with Gasteiger partial charge >= 0.3 is 5.97 Å². The number of hydrogen-bond donors (Lipinski definition) is 2. The number of rotatable bonds is 6. The maximum Gasteiger partial charge on any atom is 0.311 e. The molecule has 0 fully saturated rings. The Kier molecular flexibility index (Phi) is 5.89. The molecule has 0 saturated heterocycles. The first-order valence-electron chi connectivity index (χ1n) is 7.74. The summed E-state index contributed by atoms with van der Waals surface area (Å²) in [7, 11) is 0. The largest absolute Gasteiger partial charge is 0.508 e. The third-order valence-electron chi connectivity index (χ3n) is 3.50. The molecule has 0 saturated carbocycles. The van der Waals surface area contributed by atoms with Crippen LogP contribution in [0.5, 0.6) is 5.75 Å². The van der Waals surface area contributed by atoms with E-state index in [-0.39, 0.29) is 18.0 Å². The quantitative estimate of drug-likeness (QED) is 0.622. The van der Waals surface area contributed by atoms with E-state index in [2.05, 4.69) is 5.32 Å². The average Bonchev–Trinajstić information content (AvgIpc) is 2.57. The fraction of sp³-hybridized carbons (Fsp3) is 0.211. The minimum Gasteiger partial charge on any atom is -0.508 e. The molecule has 25 heavy (non-hydrogen) atoms. The van der Waals surface area contributed by atoms with Crippen LogP contribution < -0.4 is 5.32 Å². The number of Topliss-reactive ketones (excluding diaryl/α,β-unsaturated/α-hetero) is 1. The van der Waals surface area contributed by atoms with Gasteiger partial charge in [0.15, 0.2) is 11.9 Å². The minimum atomic E-state index is -0.981. The number of phenols is 1. The monoisotopic (exact) mass is 341 g/mol. The van der Waals surface area contributed by atoms with Gasteiger partial charge in [0.2, 0.25) is 0 Å². The van der Waals surface area contributed by atoms with Crippen molar-refractivity contribution in [2.45, 2.75) is 26.4 Å². The van der Waals surface area contributed by atoms with E-state index in [1.807, 2.05) is 0 Å². The third-order valence-corrected chi connectivity index (χ3v) is 3.50. The first-order valence-corrected chi connectivity index (χ1v) is 7.74. The van der Waals surface area contributed by atoms with Crippen LogP contribution in [0.4, 0.5) is 5.69 Å². The second-order valence-corrected chi connectivity index (χ2v) is 5.60. The Bertz CT molecular complexity index is 783. The molecule has 2 aromatic carbocycles. The summed E-state index contributed by atoms with van der Waals surface area (Å²) in [4.78, 5) is 35.4. The fourth-order valence-corrected chi connectivity index (χ4v) is 2.13. The number of hydrogen-bond acceptors (Lipinski definition) is 5. The first-order chi connectivity index (χ1) is 11.8. The number of ketones is 1. The highest BCUT2D eigenvalue weighted by atomic mass is 16.5. The van der Waals surface area contributed by atoms with Crippen LogP contribution in [0, 0.1) is 0 Å². The van der Waals surface area contributed by atoms with E-state index in [1.54, 1.807) is 36.4 Å². The molecule has 0 bridgehead atoms. The number of nitrogens with one attached hydrogen (secondary N) is 1. The van der Waals surface area contributed by atoms with E-state index >= 15 is 0 Å². The van der Waals surface area contributed by atoms with Crippen LogP contribution in [0.3, 0.4) is 0 Å². The Morgan fingerprint density at radius 1 is 1.12 bits per heavy atom. The summed E-state index contributed by atoms with van der Waals surface area (Å²) >= 11 is 0. The molecule has 2 aromatic rings. The number of benzene rings is 2. The van der Waals surface area contributed by atoms with Crippen LogP contribution in [-0.2, 0) is 20.7 Å². The Hall–Kier alpha value is -3.15. The van der Waals surface area contributed by atoms with Crippen LogP contribution >= 0.6 is 0 Å². The van der Waals surface area contributed by atoms with Crippen molar-refractivity contribution in [3.05, 3.63) is 59.7 Å². The maximum absolute atomic E-state index is 12.1. The second-order valence-electron chi connectivity index (χ2n) is 5.60. The lowest BCUT2D eigenvalue weighted by Gasteiger charge is -2.14. The van der Waals surface area contributed by atoms with E-state index < -0.39 is 18.0 Å². The molecule has 0 heterocycles. The summed E-state index contributed by atoms with van der Waals surface area (Å²) in [6.07, 6.45) is -0.983. The van der Waals surface area contributed by atoms with Gasteiger partial charge in [-0.05, 0) is 43.7 Å². The molecule has 0 unspecified atom stereocenters. The topological polar surface area (TPSA) is 92.7 Å². The van der Waals surface area contributed by atoms with Crippen molar-refractivity contribution in [2.75, 3.05) is 5.32 Å². The summed E-state index contributed by atoms with van der Waals surface area (Å²) in [5.74, 6) is -1.03. The van der Waals surface area contributed by atoms with Crippen molar-refractivity contribution in [1.29, 1.82) is 0 Å². The van der Waals surface area contributed by atoms with E-state index in [9.17, 15) is 19.5 Å². The number of carbonyl (C=O) groups excluding carboxylic acids is 3. The molecule has 0 aliphatic heterocycles. The predicted molar refractivity (Wildman–Crippen MR) is 92.4 cm³/mol. The maximum atomic E-state index is 12.1. The van der Waals surface area contributed by atoms with Gasteiger partial charge in [-0.25, -0.2) is 0 Å². The normalized spacial score (nSPS) is 11.4. The molecule has 1 amide bonds. The summed E-state index contributed by atoms with van der Waals surface area (Å²) in [6.45, 7) is 2.91. The van der Waals surface area contributed by atoms with Gasteiger partial charge in [-0.15, -0.1) is 0 Å². The number of carbonyl (C=O) groups is 3. The van der Waals surface area contributed by atoms with Crippen LogP contribution in [0.25, 0.3) is 0 Å². The fourth-order valence-electron chi connectivity index (χ4n) is 2.13. The molecule has 1 atom stereocenters. The zero-order valence-electron chi connectivity index (χ0n) is 14.0. The van der Waals surface area contributed by atoms with Crippen LogP contribution in [0.2, 0.25) is 0 Å². The SMILES string of the molecule is CC(=O)c1cccc(NC(=O)[C@@H](C)OC(=O)Cc2ccc(O)cc2)c1. The number of anilines is 1. The Morgan fingerprint density at radius 3 is 2.44 bits per heavy atom. The predicted octanol–water partition coefficient (Wildman–Crippen LogP) is 2.71. The molecule has 0 aliphatic carbocycles. The van der Waals surface area contributed by atoms with Gasteiger partial charge in [0, 0.05) is 11.3 Å². The lowest BCUT2D eigenvalue weighted by Crippen LogP contribution is -2.30. The van der Waals surface area contributed by atoms with Crippen molar-refractivity contribution in [3.63, 3.8) is 0 Å². The molecule has 0 spiro atoms. The Balaban J connectivity index is 1.91. The minimum absolute atomic E-state index is 0.00226. The van der Waals surface area contributed by atoms with Crippen molar-refractivity contribution in [2.24, 2.45) is 0 Å². The van der Waals surface area contributed by atoms with E-state index in [1.165, 1.54) is 26.0 Å². The van der Waals surface area contributed by atoms with Crippen molar-refractivity contribution >= 4 is 23.3 Å². The molecular weight excluding hydrogens is 322 g/mol. The molecule has 0 aliphatic rings. The first kappa shape index (κ1) is 18.2. The molecule has 0 radical (unpaired) electrons. The molecule has 130 valence electrons. The van der Waals surface area contributed by atoms with Gasteiger partial charge in [-0.2, -0.15) is 0 Å². The van der Waals surface area contributed by atoms with E-state index in [0.717, 1.165) is 0 Å². The standard InChI is InChI=1S/C19H19NO5/c1-12(21)15-4-3-5-16(11-15)20-19(24)13(2)25-18(23)10-14-6-8-17(22)9-7-14/h3-9,11,13,22H,10H2,1-2H3,(H,20,24)/t13-/m1/s1. The van der Waals surface area contributed by atoms with Gasteiger partial charge in [-0.1, -0.05) is 24.3 Å². The smallest absolute Gasteiger partial charge is 0.311 e. The average molecular weight is 341 g/mol. The van der Waals surface area contributed by atoms with Crippen LogP contribution in [0.1, 0.15) is 29.8 Å². The zero-order chi connectivity index (χ0) is 18.4.